The first-order chi connectivity index (χ1) is 14.3. The lowest BCUT2D eigenvalue weighted by Crippen LogP contribution is -2.32. The van der Waals surface area contributed by atoms with Crippen molar-refractivity contribution in [2.75, 3.05) is 7.11 Å². The number of rotatable bonds is 4. The van der Waals surface area contributed by atoms with Crippen LogP contribution in [0.3, 0.4) is 0 Å². The largest absolute Gasteiger partial charge is 0.490 e. The Hall–Kier alpha value is -3.34. The molecule has 3 nitrogen and oxygen atoms in total. The summed E-state index contributed by atoms with van der Waals surface area (Å²) in [6.45, 7) is 0. The third kappa shape index (κ3) is 3.03. The normalized spacial score (nSPS) is 11.2. The maximum Gasteiger partial charge on any atom is 0.490 e. The molecule has 0 atom stereocenters. The second-order valence-corrected chi connectivity index (χ2v) is 7.13. The van der Waals surface area contributed by atoms with Crippen LogP contribution in [0.5, 0.6) is 0 Å². The number of aromatic nitrogens is 1. The maximum atomic E-state index is 10.1. The third-order valence-electron chi connectivity index (χ3n) is 5.44. The highest BCUT2D eigenvalue weighted by atomic mass is 16.5. The third-order valence-corrected chi connectivity index (χ3v) is 5.44. The van der Waals surface area contributed by atoms with Crippen molar-refractivity contribution < 1.29 is 9.68 Å². The average Bonchev–Trinajstić information content (AvgIpc) is 3.13. The van der Waals surface area contributed by atoms with Crippen LogP contribution in [0.4, 0.5) is 0 Å². The molecule has 0 unspecified atom stereocenters. The zero-order valence-corrected chi connectivity index (χ0v) is 16.1. The summed E-state index contributed by atoms with van der Waals surface area (Å²) in [6.07, 6.45) is 0. The Morgan fingerprint density at radius 2 is 1.34 bits per heavy atom. The van der Waals surface area contributed by atoms with Gasteiger partial charge in [0.25, 0.3) is 0 Å². The predicted octanol–water partition coefficient (Wildman–Crippen LogP) is 4.78. The van der Waals surface area contributed by atoms with Crippen LogP contribution in [0, 0.1) is 0 Å². The van der Waals surface area contributed by atoms with Gasteiger partial charge < -0.3 is 14.2 Å². The van der Waals surface area contributed by atoms with Gasteiger partial charge in [0.15, 0.2) is 0 Å². The van der Waals surface area contributed by atoms with Gasteiger partial charge in [-0.2, -0.15) is 0 Å². The van der Waals surface area contributed by atoms with E-state index >= 15 is 0 Å². The number of nitrogens with zero attached hydrogens (tertiary/aromatic N) is 1. The van der Waals surface area contributed by atoms with E-state index in [4.69, 9.17) is 4.65 Å². The van der Waals surface area contributed by atoms with Crippen molar-refractivity contribution in [3.8, 4) is 16.8 Å². The molecular weight excluding hydrogens is 357 g/mol. The van der Waals surface area contributed by atoms with Crippen LogP contribution in [0.25, 0.3) is 38.6 Å². The van der Waals surface area contributed by atoms with Gasteiger partial charge in [0.1, 0.15) is 0 Å². The molecule has 0 aliphatic carbocycles. The Balaban J connectivity index is 1.69. The summed E-state index contributed by atoms with van der Waals surface area (Å²) in [5.41, 5.74) is 6.50. The van der Waals surface area contributed by atoms with Gasteiger partial charge >= 0.3 is 7.12 Å². The summed E-state index contributed by atoms with van der Waals surface area (Å²) in [6, 6.07) is 33.4. The summed E-state index contributed by atoms with van der Waals surface area (Å²) in [5, 5.41) is 12.3. The van der Waals surface area contributed by atoms with Crippen molar-refractivity contribution >= 4 is 34.4 Å². The van der Waals surface area contributed by atoms with Gasteiger partial charge in [-0.25, -0.2) is 0 Å². The van der Waals surface area contributed by atoms with Gasteiger partial charge in [0, 0.05) is 23.6 Å². The number of fused-ring (bicyclic) bond motifs is 3. The van der Waals surface area contributed by atoms with Crippen LogP contribution in [0.2, 0.25) is 0 Å². The second-order valence-electron chi connectivity index (χ2n) is 7.13. The molecule has 0 saturated heterocycles. The van der Waals surface area contributed by atoms with Crippen molar-refractivity contribution in [1.82, 2.24) is 4.57 Å². The lowest BCUT2D eigenvalue weighted by Gasteiger charge is -2.10. The first-order valence-corrected chi connectivity index (χ1v) is 9.66. The van der Waals surface area contributed by atoms with Crippen LogP contribution in [-0.2, 0) is 4.65 Å². The zero-order chi connectivity index (χ0) is 19.8. The van der Waals surface area contributed by atoms with E-state index in [0.717, 1.165) is 33.0 Å². The Kier molecular flexibility index (Phi) is 4.43. The van der Waals surface area contributed by atoms with E-state index in [2.05, 4.69) is 77.4 Å². The lowest BCUT2D eigenvalue weighted by molar-refractivity contribution is 0.341. The number of para-hydroxylation sites is 1. The van der Waals surface area contributed by atoms with E-state index in [1.807, 2.05) is 24.3 Å². The van der Waals surface area contributed by atoms with E-state index < -0.39 is 7.12 Å². The molecule has 1 N–H and O–H groups in total. The highest BCUT2D eigenvalue weighted by Crippen LogP contribution is 2.32. The Morgan fingerprint density at radius 3 is 2.10 bits per heavy atom. The molecule has 140 valence electrons. The average molecular weight is 377 g/mol. The molecule has 0 fully saturated rings. The number of hydrogen-bond donors (Lipinski definition) is 1. The van der Waals surface area contributed by atoms with Gasteiger partial charge in [-0.15, -0.1) is 0 Å². The molecule has 5 aromatic rings. The first kappa shape index (κ1) is 17.7. The summed E-state index contributed by atoms with van der Waals surface area (Å²) in [5.74, 6) is 0. The van der Waals surface area contributed by atoms with Crippen molar-refractivity contribution in [2.45, 2.75) is 0 Å². The molecule has 0 aliphatic rings. The molecule has 0 radical (unpaired) electrons. The van der Waals surface area contributed by atoms with Crippen molar-refractivity contribution in [3.63, 3.8) is 0 Å². The van der Waals surface area contributed by atoms with E-state index in [1.165, 1.54) is 18.2 Å². The fourth-order valence-electron chi connectivity index (χ4n) is 3.99. The molecule has 0 amide bonds. The molecule has 0 spiro atoms. The minimum absolute atomic E-state index is 0.752. The predicted molar refractivity (Wildman–Crippen MR) is 121 cm³/mol. The van der Waals surface area contributed by atoms with Gasteiger partial charge in [0.05, 0.1) is 11.0 Å². The maximum absolute atomic E-state index is 10.1. The lowest BCUT2D eigenvalue weighted by atomic mass is 9.79. The molecule has 29 heavy (non-hydrogen) atoms. The fraction of sp³-hybridized carbons (Fsp3) is 0.0400. The van der Waals surface area contributed by atoms with Crippen LogP contribution in [0.15, 0.2) is 97.1 Å². The van der Waals surface area contributed by atoms with Crippen LogP contribution < -0.4 is 5.46 Å². The van der Waals surface area contributed by atoms with Gasteiger partial charge in [-0.05, 0) is 40.9 Å². The molecule has 1 aromatic heterocycles. The zero-order valence-electron chi connectivity index (χ0n) is 16.1. The molecular formula is C25H20BNO2. The van der Waals surface area contributed by atoms with Crippen molar-refractivity contribution in [3.05, 3.63) is 97.1 Å². The Morgan fingerprint density at radius 1 is 0.690 bits per heavy atom. The summed E-state index contributed by atoms with van der Waals surface area (Å²) >= 11 is 0. The fourth-order valence-corrected chi connectivity index (χ4v) is 3.99. The van der Waals surface area contributed by atoms with Gasteiger partial charge in [-0.3, -0.25) is 0 Å². The summed E-state index contributed by atoms with van der Waals surface area (Å²) < 4.78 is 7.36. The molecule has 0 aliphatic heterocycles. The summed E-state index contributed by atoms with van der Waals surface area (Å²) in [7, 11) is 0.582. The van der Waals surface area contributed by atoms with Gasteiger partial charge in [0.2, 0.25) is 0 Å². The monoisotopic (exact) mass is 377 g/mol. The quantitative estimate of drug-likeness (QED) is 0.457. The molecule has 1 heterocycles. The highest BCUT2D eigenvalue weighted by molar-refractivity contribution is 6.60. The molecule has 5 rings (SSSR count). The standard InChI is InChI=1S/C25H20BNO2/c1-29-26(28)20-13-16-25-23(17-20)22-9-5-6-10-24(22)27(25)21-14-11-19(12-15-21)18-7-3-2-4-8-18/h2-17,28H,1H3. The molecule has 4 aromatic carbocycles. The topological polar surface area (TPSA) is 34.4 Å². The number of benzene rings is 4. The van der Waals surface area contributed by atoms with E-state index in [-0.39, 0.29) is 0 Å². The second kappa shape index (κ2) is 7.24. The Labute approximate surface area is 169 Å². The SMILES string of the molecule is COB(O)c1ccc2c(c1)c1ccccc1n2-c1ccc(-c2ccccc2)cc1. The van der Waals surface area contributed by atoms with E-state index in [9.17, 15) is 5.02 Å². The number of hydrogen-bond acceptors (Lipinski definition) is 2. The van der Waals surface area contributed by atoms with Gasteiger partial charge in [-0.1, -0.05) is 72.8 Å². The minimum atomic E-state index is -0.924. The highest BCUT2D eigenvalue weighted by Gasteiger charge is 2.18. The van der Waals surface area contributed by atoms with Crippen LogP contribution in [-0.4, -0.2) is 23.8 Å². The first-order valence-electron chi connectivity index (χ1n) is 9.66. The van der Waals surface area contributed by atoms with E-state index in [1.54, 1.807) is 0 Å². The van der Waals surface area contributed by atoms with Crippen molar-refractivity contribution in [1.29, 1.82) is 0 Å². The van der Waals surface area contributed by atoms with Crippen LogP contribution in [0.1, 0.15) is 0 Å². The molecule has 0 saturated carbocycles. The Bertz CT molecular complexity index is 1290. The van der Waals surface area contributed by atoms with Crippen molar-refractivity contribution in [2.24, 2.45) is 0 Å². The smallest absolute Gasteiger partial charge is 0.423 e. The van der Waals surface area contributed by atoms with Crippen LogP contribution >= 0.6 is 0 Å². The minimum Gasteiger partial charge on any atom is -0.423 e. The molecule has 0 bridgehead atoms. The summed E-state index contributed by atoms with van der Waals surface area (Å²) in [4.78, 5) is 0. The molecule has 4 heteroatoms. The van der Waals surface area contributed by atoms with E-state index in [0.29, 0.717) is 0 Å².